The lowest BCUT2D eigenvalue weighted by Gasteiger charge is -2.38. The maximum Gasteiger partial charge on any atom is 0.250 e. The summed E-state index contributed by atoms with van der Waals surface area (Å²) in [5.41, 5.74) is 5.29. The van der Waals surface area contributed by atoms with Crippen molar-refractivity contribution in [3.05, 3.63) is 89.8 Å². The van der Waals surface area contributed by atoms with Gasteiger partial charge in [-0.25, -0.2) is 0 Å². The van der Waals surface area contributed by atoms with Crippen LogP contribution in [0.1, 0.15) is 50.7 Å². The van der Waals surface area contributed by atoms with Gasteiger partial charge in [-0.15, -0.1) is 0 Å². The fraction of sp³-hybridized carbons (Fsp3) is 0.310. The topological polar surface area (TPSA) is 25.0 Å². The summed E-state index contributed by atoms with van der Waals surface area (Å²) in [4.78, 5) is 3.61. The maximum absolute atomic E-state index is 7.11. The van der Waals surface area contributed by atoms with E-state index in [0.29, 0.717) is 0 Å². The molecule has 1 atom stereocenters. The lowest BCUT2D eigenvalue weighted by Crippen LogP contribution is -2.41. The lowest BCUT2D eigenvalue weighted by atomic mass is 9.95. The highest BCUT2D eigenvalue weighted by atomic mass is 28.4. The molecule has 4 aromatic rings. The monoisotopic (exact) mass is 439 g/mol. The van der Waals surface area contributed by atoms with E-state index < -0.39 is 8.32 Å². The molecule has 0 bridgehead atoms. The number of benzene rings is 3. The van der Waals surface area contributed by atoms with Crippen molar-refractivity contribution in [3.8, 4) is 0 Å². The number of H-pyrrole nitrogens is 1. The molecule has 3 heteroatoms. The van der Waals surface area contributed by atoms with Crippen LogP contribution in [0.3, 0.4) is 0 Å². The van der Waals surface area contributed by atoms with Crippen LogP contribution in [0, 0.1) is 0 Å². The number of allylic oxidation sites excluding steroid dienone is 2. The Balaban J connectivity index is 1.66. The molecule has 5 rings (SSSR count). The van der Waals surface area contributed by atoms with E-state index in [-0.39, 0.29) is 11.0 Å². The molecule has 0 spiro atoms. The number of nitrogens with one attached hydrogen (secondary N) is 1. The molecule has 1 N–H and O–H groups in total. The van der Waals surface area contributed by atoms with Gasteiger partial charge in [0.15, 0.2) is 0 Å². The molecule has 0 saturated heterocycles. The van der Waals surface area contributed by atoms with Crippen molar-refractivity contribution in [1.82, 2.24) is 4.98 Å². The summed E-state index contributed by atoms with van der Waals surface area (Å²) >= 11 is 0. The molecule has 1 unspecified atom stereocenters. The molecular formula is C29H33NOSi. The van der Waals surface area contributed by atoms with Crippen LogP contribution in [0.2, 0.25) is 18.1 Å². The molecule has 0 amide bonds. The molecule has 1 aliphatic carbocycles. The summed E-state index contributed by atoms with van der Waals surface area (Å²) in [5, 5.41) is 4.04. The second-order valence-electron chi connectivity index (χ2n) is 10.6. The average Bonchev–Trinajstić information content (AvgIpc) is 3.37. The highest BCUT2D eigenvalue weighted by Gasteiger charge is 2.42. The maximum atomic E-state index is 7.11. The van der Waals surface area contributed by atoms with Crippen LogP contribution in [0.4, 0.5) is 0 Å². The minimum Gasteiger partial charge on any atom is -0.546 e. The third kappa shape index (κ3) is 3.49. The first-order valence-corrected chi connectivity index (χ1v) is 14.6. The first-order valence-electron chi connectivity index (χ1n) is 11.7. The number of hydrogen-bond donors (Lipinski definition) is 1. The Hall–Kier alpha value is -2.78. The first-order chi connectivity index (χ1) is 15.3. The van der Waals surface area contributed by atoms with Crippen LogP contribution in [-0.2, 0) is 4.43 Å². The molecule has 32 heavy (non-hydrogen) atoms. The van der Waals surface area contributed by atoms with Gasteiger partial charge in [0.1, 0.15) is 0 Å². The van der Waals surface area contributed by atoms with Gasteiger partial charge in [-0.1, -0.05) is 87.5 Å². The van der Waals surface area contributed by atoms with Crippen molar-refractivity contribution in [2.75, 3.05) is 0 Å². The second-order valence-corrected chi connectivity index (χ2v) is 15.3. The normalized spacial score (nSPS) is 17.5. The standard InChI is InChI=1S/C29H33NOSi/c1-29(2,3)32(4,5)31-28-23(20-11-7-6-8-12-20)17-18-25(28)26-19-30-27-22-14-10-9-13-21(22)15-16-24(26)27/h6-16,19,25,30H,17-18H2,1-5H3. The van der Waals surface area contributed by atoms with E-state index in [0.717, 1.165) is 12.8 Å². The van der Waals surface area contributed by atoms with Gasteiger partial charge in [0.25, 0.3) is 0 Å². The van der Waals surface area contributed by atoms with Crippen molar-refractivity contribution in [2.24, 2.45) is 0 Å². The predicted octanol–water partition coefficient (Wildman–Crippen LogP) is 8.63. The fourth-order valence-corrected chi connectivity index (χ4v) is 5.84. The van der Waals surface area contributed by atoms with Gasteiger partial charge in [-0.05, 0) is 53.1 Å². The van der Waals surface area contributed by atoms with E-state index in [2.05, 4.69) is 112 Å². The first kappa shape index (κ1) is 21.1. The Labute approximate surface area is 192 Å². The molecule has 1 aromatic heterocycles. The van der Waals surface area contributed by atoms with Crippen LogP contribution in [0.15, 0.2) is 78.7 Å². The molecule has 1 aliphatic rings. The molecule has 0 aliphatic heterocycles. The van der Waals surface area contributed by atoms with Crippen LogP contribution < -0.4 is 0 Å². The van der Waals surface area contributed by atoms with E-state index in [9.17, 15) is 0 Å². The zero-order valence-electron chi connectivity index (χ0n) is 19.8. The highest BCUT2D eigenvalue weighted by Crippen LogP contribution is 2.50. The van der Waals surface area contributed by atoms with E-state index in [1.54, 1.807) is 0 Å². The molecule has 0 saturated carbocycles. The zero-order chi connectivity index (χ0) is 22.5. The lowest BCUT2D eigenvalue weighted by molar-refractivity contribution is 0.359. The smallest absolute Gasteiger partial charge is 0.250 e. The summed E-state index contributed by atoms with van der Waals surface area (Å²) in [6.45, 7) is 11.7. The molecule has 164 valence electrons. The SMILES string of the molecule is CC(C)(C)[Si](C)(C)OC1=C(c2ccccc2)CCC1c1c[nH]c2c1ccc1ccccc12. The van der Waals surface area contributed by atoms with Crippen molar-refractivity contribution >= 4 is 35.6 Å². The van der Waals surface area contributed by atoms with Crippen LogP contribution >= 0.6 is 0 Å². The Morgan fingerprint density at radius 2 is 1.59 bits per heavy atom. The molecule has 1 heterocycles. The Morgan fingerprint density at radius 3 is 2.34 bits per heavy atom. The second kappa shape index (κ2) is 7.67. The largest absolute Gasteiger partial charge is 0.546 e. The number of hydrogen-bond acceptors (Lipinski definition) is 1. The Kier molecular flexibility index (Phi) is 5.05. The summed E-state index contributed by atoms with van der Waals surface area (Å²) < 4.78 is 7.11. The summed E-state index contributed by atoms with van der Waals surface area (Å²) in [6, 6.07) is 24.0. The fourth-order valence-electron chi connectivity index (χ4n) is 4.72. The van der Waals surface area contributed by atoms with E-state index >= 15 is 0 Å². The third-order valence-electron chi connectivity index (χ3n) is 7.58. The predicted molar refractivity (Wildman–Crippen MR) is 139 cm³/mol. The summed E-state index contributed by atoms with van der Waals surface area (Å²) in [5.74, 6) is 1.49. The Morgan fingerprint density at radius 1 is 0.875 bits per heavy atom. The minimum atomic E-state index is -1.98. The van der Waals surface area contributed by atoms with E-state index in [4.69, 9.17) is 4.43 Å². The van der Waals surface area contributed by atoms with Crippen molar-refractivity contribution in [2.45, 2.75) is 57.7 Å². The summed E-state index contributed by atoms with van der Waals surface area (Å²) in [7, 11) is -1.98. The number of rotatable bonds is 4. The number of fused-ring (bicyclic) bond motifs is 3. The third-order valence-corrected chi connectivity index (χ3v) is 11.9. The van der Waals surface area contributed by atoms with Crippen LogP contribution in [0.25, 0.3) is 27.2 Å². The van der Waals surface area contributed by atoms with E-state index in [1.165, 1.54) is 44.1 Å². The van der Waals surface area contributed by atoms with E-state index in [1.807, 2.05) is 0 Å². The molecule has 2 nitrogen and oxygen atoms in total. The van der Waals surface area contributed by atoms with Gasteiger partial charge < -0.3 is 9.41 Å². The van der Waals surface area contributed by atoms with Gasteiger partial charge in [0, 0.05) is 22.9 Å². The number of aromatic nitrogens is 1. The Bertz CT molecular complexity index is 1310. The minimum absolute atomic E-state index is 0.158. The van der Waals surface area contributed by atoms with Crippen LogP contribution in [0.5, 0.6) is 0 Å². The van der Waals surface area contributed by atoms with Crippen molar-refractivity contribution in [3.63, 3.8) is 0 Å². The van der Waals surface area contributed by atoms with Gasteiger partial charge in [-0.2, -0.15) is 0 Å². The summed E-state index contributed by atoms with van der Waals surface area (Å²) in [6.07, 6.45) is 4.37. The quantitative estimate of drug-likeness (QED) is 0.316. The molecular weight excluding hydrogens is 406 g/mol. The van der Waals surface area contributed by atoms with Gasteiger partial charge in [0.2, 0.25) is 8.32 Å². The molecule has 3 aromatic carbocycles. The molecule has 0 radical (unpaired) electrons. The van der Waals surface area contributed by atoms with Crippen molar-refractivity contribution < 1.29 is 4.43 Å². The van der Waals surface area contributed by atoms with Crippen LogP contribution in [-0.4, -0.2) is 13.3 Å². The number of aromatic amines is 1. The van der Waals surface area contributed by atoms with Crippen molar-refractivity contribution in [1.29, 1.82) is 0 Å². The highest BCUT2D eigenvalue weighted by molar-refractivity contribution is 6.74. The van der Waals surface area contributed by atoms with Gasteiger partial charge in [-0.3, -0.25) is 0 Å². The zero-order valence-corrected chi connectivity index (χ0v) is 20.8. The average molecular weight is 440 g/mol. The van der Waals surface area contributed by atoms with Gasteiger partial charge in [0.05, 0.1) is 11.3 Å². The molecule has 0 fully saturated rings. The van der Waals surface area contributed by atoms with Gasteiger partial charge >= 0.3 is 0 Å².